The third kappa shape index (κ3) is 4.40. The molecule has 0 heterocycles. The van der Waals surface area contributed by atoms with E-state index in [1.54, 1.807) is 30.3 Å². The van der Waals surface area contributed by atoms with Gasteiger partial charge in [-0.2, -0.15) is 0 Å². The van der Waals surface area contributed by atoms with Crippen molar-refractivity contribution in [1.29, 1.82) is 0 Å². The first-order valence-corrected chi connectivity index (χ1v) is 5.44. The number of carboxylic acid groups (broad SMARTS) is 2. The number of carbonyl (C=O) groups is 3. The summed E-state index contributed by atoms with van der Waals surface area (Å²) in [6, 6.07) is 7.25. The average Bonchev–Trinajstić information content (AvgIpc) is 2.36. The summed E-state index contributed by atoms with van der Waals surface area (Å²) in [4.78, 5) is 33.9. The molecule has 1 atom stereocenters. The van der Waals surface area contributed by atoms with Crippen LogP contribution in [0.25, 0.3) is 0 Å². The van der Waals surface area contributed by atoms with Crippen molar-refractivity contribution in [1.82, 2.24) is 4.90 Å². The van der Waals surface area contributed by atoms with Crippen LogP contribution in [0.5, 0.6) is 0 Å². The van der Waals surface area contributed by atoms with Gasteiger partial charge in [-0.15, -0.1) is 0 Å². The van der Waals surface area contributed by atoms with E-state index >= 15 is 0 Å². The molecule has 0 aliphatic rings. The minimum absolute atomic E-state index is 0.494. The van der Waals surface area contributed by atoms with Crippen molar-refractivity contribution in [3.05, 3.63) is 35.9 Å². The Morgan fingerprint density at radius 2 is 1.53 bits per heavy atom. The highest BCUT2D eigenvalue weighted by Crippen LogP contribution is 2.12. The minimum atomic E-state index is -1.30. The van der Waals surface area contributed by atoms with Crippen molar-refractivity contribution < 1.29 is 24.6 Å². The number of carbonyl (C=O) groups excluding carboxylic acids is 1. The number of amides is 1. The van der Waals surface area contributed by atoms with Crippen LogP contribution in [-0.2, 0) is 14.4 Å². The fourth-order valence-electron chi connectivity index (χ4n) is 1.54. The monoisotopic (exact) mass is 266 g/mol. The summed E-state index contributed by atoms with van der Waals surface area (Å²) in [6.45, 7) is -1.41. The molecule has 0 saturated heterocycles. The molecule has 0 unspecified atom stereocenters. The van der Waals surface area contributed by atoms with E-state index in [1.807, 2.05) is 0 Å². The molecule has 1 aromatic carbocycles. The van der Waals surface area contributed by atoms with E-state index in [4.69, 9.17) is 15.9 Å². The number of nitrogens with two attached hydrogens (primary N) is 1. The van der Waals surface area contributed by atoms with E-state index < -0.39 is 37.0 Å². The largest absolute Gasteiger partial charge is 0.480 e. The number of nitrogens with zero attached hydrogens (tertiary/aromatic N) is 1. The summed E-state index contributed by atoms with van der Waals surface area (Å²) in [5.41, 5.74) is 6.21. The lowest BCUT2D eigenvalue weighted by molar-refractivity contribution is -0.149. The Morgan fingerprint density at radius 3 is 1.95 bits per heavy atom. The quantitative estimate of drug-likeness (QED) is 0.649. The highest BCUT2D eigenvalue weighted by atomic mass is 16.4. The van der Waals surface area contributed by atoms with Gasteiger partial charge in [0.25, 0.3) is 0 Å². The molecule has 0 radical (unpaired) electrons. The van der Waals surface area contributed by atoms with Gasteiger partial charge in [0, 0.05) is 0 Å². The molecule has 7 nitrogen and oxygen atoms in total. The average molecular weight is 266 g/mol. The van der Waals surface area contributed by atoms with Crippen LogP contribution in [-0.4, -0.2) is 46.0 Å². The smallest absolute Gasteiger partial charge is 0.323 e. The van der Waals surface area contributed by atoms with Crippen LogP contribution in [0.3, 0.4) is 0 Å². The van der Waals surface area contributed by atoms with Gasteiger partial charge in [0.1, 0.15) is 19.1 Å². The second-order valence-corrected chi connectivity index (χ2v) is 3.87. The molecule has 0 bridgehead atoms. The molecule has 1 amide bonds. The van der Waals surface area contributed by atoms with E-state index in [0.29, 0.717) is 10.5 Å². The van der Waals surface area contributed by atoms with E-state index in [9.17, 15) is 14.4 Å². The molecule has 0 spiro atoms. The van der Waals surface area contributed by atoms with E-state index in [2.05, 4.69) is 0 Å². The molecule has 7 heteroatoms. The van der Waals surface area contributed by atoms with Crippen molar-refractivity contribution in [3.8, 4) is 0 Å². The van der Waals surface area contributed by atoms with Crippen LogP contribution in [0.2, 0.25) is 0 Å². The number of hydrogen-bond acceptors (Lipinski definition) is 4. The Bertz CT molecular complexity index is 458. The first kappa shape index (κ1) is 14.7. The SMILES string of the molecule is N[C@H](C(=O)N(CC(=O)O)CC(=O)O)c1ccccc1. The molecular formula is C12H14N2O5. The molecule has 4 N–H and O–H groups in total. The molecular weight excluding hydrogens is 252 g/mol. The topological polar surface area (TPSA) is 121 Å². The Hall–Kier alpha value is -2.41. The molecule has 0 saturated carbocycles. The van der Waals surface area contributed by atoms with Crippen LogP contribution in [0.15, 0.2) is 30.3 Å². The fraction of sp³-hybridized carbons (Fsp3) is 0.250. The van der Waals surface area contributed by atoms with E-state index in [0.717, 1.165) is 0 Å². The van der Waals surface area contributed by atoms with Crippen molar-refractivity contribution in [2.45, 2.75) is 6.04 Å². The van der Waals surface area contributed by atoms with Crippen molar-refractivity contribution >= 4 is 17.8 Å². The number of aliphatic carboxylic acids is 2. The lowest BCUT2D eigenvalue weighted by Gasteiger charge is -2.22. The highest BCUT2D eigenvalue weighted by Gasteiger charge is 2.25. The molecule has 1 aromatic rings. The van der Waals surface area contributed by atoms with Crippen LogP contribution >= 0.6 is 0 Å². The third-order valence-electron chi connectivity index (χ3n) is 2.39. The standard InChI is InChI=1S/C12H14N2O5/c13-11(8-4-2-1-3-5-8)12(19)14(6-9(15)16)7-10(17)18/h1-5,11H,6-7,13H2,(H,15,16)(H,17,18)/t11-/m0/s1. The maximum Gasteiger partial charge on any atom is 0.323 e. The molecule has 1 rings (SSSR count). The first-order valence-electron chi connectivity index (χ1n) is 5.44. The Labute approximate surface area is 109 Å². The number of rotatable bonds is 6. The summed E-state index contributed by atoms with van der Waals surface area (Å²) in [5.74, 6) is -3.33. The molecule has 0 aliphatic carbocycles. The van der Waals surface area contributed by atoms with Crippen molar-refractivity contribution in [3.63, 3.8) is 0 Å². The summed E-state index contributed by atoms with van der Waals surface area (Å²) in [6.07, 6.45) is 0. The number of hydrogen-bond donors (Lipinski definition) is 3. The van der Waals surface area contributed by atoms with Gasteiger partial charge in [-0.05, 0) is 5.56 Å². The third-order valence-corrected chi connectivity index (χ3v) is 2.39. The molecule has 102 valence electrons. The van der Waals surface area contributed by atoms with Crippen LogP contribution in [0, 0.1) is 0 Å². The van der Waals surface area contributed by atoms with Gasteiger partial charge >= 0.3 is 11.9 Å². The lowest BCUT2D eigenvalue weighted by Crippen LogP contribution is -2.44. The highest BCUT2D eigenvalue weighted by molar-refractivity contribution is 5.89. The maximum atomic E-state index is 12.0. The summed E-state index contributed by atoms with van der Waals surface area (Å²) >= 11 is 0. The zero-order valence-corrected chi connectivity index (χ0v) is 10.0. The van der Waals surface area contributed by atoms with Crippen LogP contribution in [0.4, 0.5) is 0 Å². The second-order valence-electron chi connectivity index (χ2n) is 3.87. The fourth-order valence-corrected chi connectivity index (χ4v) is 1.54. The van der Waals surface area contributed by atoms with E-state index in [-0.39, 0.29) is 0 Å². The predicted molar refractivity (Wildman–Crippen MR) is 65.2 cm³/mol. The molecule has 19 heavy (non-hydrogen) atoms. The predicted octanol–water partition coefficient (Wildman–Crippen LogP) is -0.316. The Kier molecular flexibility index (Phi) is 5.01. The molecule has 0 fully saturated rings. The van der Waals surface area contributed by atoms with Gasteiger partial charge in [-0.25, -0.2) is 0 Å². The van der Waals surface area contributed by atoms with Crippen LogP contribution < -0.4 is 5.73 Å². The normalized spacial score (nSPS) is 11.6. The van der Waals surface area contributed by atoms with Crippen molar-refractivity contribution in [2.24, 2.45) is 5.73 Å². The molecule has 0 aromatic heterocycles. The van der Waals surface area contributed by atoms with Gasteiger partial charge in [0.2, 0.25) is 5.91 Å². The minimum Gasteiger partial charge on any atom is -0.480 e. The summed E-state index contributed by atoms with van der Waals surface area (Å²) in [7, 11) is 0. The van der Waals surface area contributed by atoms with Gasteiger partial charge in [-0.3, -0.25) is 14.4 Å². The second kappa shape index (κ2) is 6.50. The maximum absolute atomic E-state index is 12.0. The summed E-state index contributed by atoms with van der Waals surface area (Å²) in [5, 5.41) is 17.3. The Balaban J connectivity index is 2.86. The van der Waals surface area contributed by atoms with Gasteiger partial charge in [0.15, 0.2) is 0 Å². The van der Waals surface area contributed by atoms with Gasteiger partial charge in [0.05, 0.1) is 0 Å². The zero-order chi connectivity index (χ0) is 14.4. The lowest BCUT2D eigenvalue weighted by atomic mass is 10.1. The number of benzene rings is 1. The van der Waals surface area contributed by atoms with Gasteiger partial charge in [-0.1, -0.05) is 30.3 Å². The van der Waals surface area contributed by atoms with Gasteiger partial charge < -0.3 is 20.8 Å². The zero-order valence-electron chi connectivity index (χ0n) is 10.0. The molecule has 0 aliphatic heterocycles. The van der Waals surface area contributed by atoms with E-state index in [1.165, 1.54) is 0 Å². The summed E-state index contributed by atoms with van der Waals surface area (Å²) < 4.78 is 0. The van der Waals surface area contributed by atoms with Crippen LogP contribution in [0.1, 0.15) is 11.6 Å². The Morgan fingerprint density at radius 1 is 1.05 bits per heavy atom. The first-order chi connectivity index (χ1) is 8.91. The van der Waals surface area contributed by atoms with Crippen molar-refractivity contribution in [2.75, 3.05) is 13.1 Å². The number of carboxylic acids is 2.